The van der Waals surface area contributed by atoms with Crippen LogP contribution in [0.15, 0.2) is 22.5 Å². The predicted molar refractivity (Wildman–Crippen MR) is 86.6 cm³/mol. The molecule has 108 valence electrons. The molecule has 1 aromatic carbocycles. The Morgan fingerprint density at radius 3 is 3.05 bits per heavy atom. The fraction of sp³-hybridized carbons (Fsp3) is 0.462. The number of aromatic nitrogens is 1. The molecular formula is C13H16N2O2S3. The average Bonchev–Trinajstić information content (AvgIpc) is 2.89. The lowest BCUT2D eigenvalue weighted by Gasteiger charge is -2.23. The van der Waals surface area contributed by atoms with Gasteiger partial charge in [0, 0.05) is 13.1 Å². The summed E-state index contributed by atoms with van der Waals surface area (Å²) in [6.45, 7) is 6.31. The molecule has 2 heterocycles. The zero-order chi connectivity index (χ0) is 13.8. The third-order valence-corrected chi connectivity index (χ3v) is 6.68. The van der Waals surface area contributed by atoms with Crippen molar-refractivity contribution in [3.05, 3.63) is 18.2 Å². The summed E-state index contributed by atoms with van der Waals surface area (Å²) in [6.07, 6.45) is 0. The van der Waals surface area contributed by atoms with Crippen LogP contribution < -0.4 is 4.74 Å². The molecule has 1 fully saturated rings. The van der Waals surface area contributed by atoms with E-state index in [1.54, 1.807) is 33.1 Å². The molecule has 0 aliphatic carbocycles. The number of rotatable bonds is 5. The van der Waals surface area contributed by atoms with E-state index in [4.69, 9.17) is 9.47 Å². The smallest absolute Gasteiger partial charge is 0.162 e. The molecule has 1 aliphatic heterocycles. The van der Waals surface area contributed by atoms with E-state index in [0.29, 0.717) is 6.61 Å². The zero-order valence-electron chi connectivity index (χ0n) is 11.2. The number of ether oxygens (including phenoxy) is 2. The Morgan fingerprint density at radius 2 is 2.25 bits per heavy atom. The number of hydrogen-bond donors (Lipinski definition) is 0. The molecule has 0 amide bonds. The Morgan fingerprint density at radius 1 is 1.40 bits per heavy atom. The molecule has 4 nitrogen and oxygen atoms in total. The highest BCUT2D eigenvalue weighted by Gasteiger charge is 2.13. The molecule has 1 aromatic heterocycles. The lowest BCUT2D eigenvalue weighted by Crippen LogP contribution is -2.30. The third kappa shape index (κ3) is 3.59. The highest BCUT2D eigenvalue weighted by molar-refractivity contribution is 8.76. The molecule has 1 saturated heterocycles. The van der Waals surface area contributed by atoms with E-state index in [-0.39, 0.29) is 0 Å². The number of hydrogen-bond acceptors (Lipinski definition) is 7. The van der Waals surface area contributed by atoms with Crippen LogP contribution in [0, 0.1) is 0 Å². The first kappa shape index (κ1) is 14.5. The number of benzene rings is 1. The van der Waals surface area contributed by atoms with Crippen LogP contribution in [0.25, 0.3) is 10.2 Å². The molecule has 2 aromatic rings. The standard InChI is InChI=1S/C13H16N2O2S3/c1-2-17-10-3-4-11-12(9-10)18-13(14-11)19-20-15-5-7-16-8-6-15/h3-4,9H,2,5-8H2,1H3. The van der Waals surface area contributed by atoms with Gasteiger partial charge in [0.25, 0.3) is 0 Å². The fourth-order valence-electron chi connectivity index (χ4n) is 1.88. The van der Waals surface area contributed by atoms with E-state index in [2.05, 4.69) is 15.4 Å². The SMILES string of the molecule is CCOc1ccc2nc(SSN3CCOCC3)sc2c1. The maximum atomic E-state index is 5.52. The van der Waals surface area contributed by atoms with Gasteiger partial charge in [0.1, 0.15) is 5.75 Å². The molecule has 0 bridgehead atoms. The van der Waals surface area contributed by atoms with Gasteiger partial charge in [0.15, 0.2) is 4.34 Å². The van der Waals surface area contributed by atoms with Crippen LogP contribution in [-0.2, 0) is 4.74 Å². The lowest BCUT2D eigenvalue weighted by molar-refractivity contribution is 0.0779. The molecule has 0 atom stereocenters. The second-order valence-electron chi connectivity index (χ2n) is 4.24. The van der Waals surface area contributed by atoms with Gasteiger partial charge in [-0.3, -0.25) is 0 Å². The Labute approximate surface area is 130 Å². The van der Waals surface area contributed by atoms with Crippen molar-refractivity contribution in [3.63, 3.8) is 0 Å². The van der Waals surface area contributed by atoms with Gasteiger partial charge in [0.2, 0.25) is 0 Å². The number of morpholine rings is 1. The van der Waals surface area contributed by atoms with Crippen LogP contribution in [-0.4, -0.2) is 42.2 Å². The lowest BCUT2D eigenvalue weighted by atomic mass is 10.3. The molecule has 0 spiro atoms. The number of nitrogens with zero attached hydrogens (tertiary/aromatic N) is 2. The average molecular weight is 328 g/mol. The van der Waals surface area contributed by atoms with Crippen molar-refractivity contribution in [3.8, 4) is 5.75 Å². The fourth-order valence-corrected chi connectivity index (χ4v) is 5.26. The maximum Gasteiger partial charge on any atom is 0.162 e. The minimum absolute atomic E-state index is 0.693. The van der Waals surface area contributed by atoms with E-state index >= 15 is 0 Å². The summed E-state index contributed by atoms with van der Waals surface area (Å²) in [5, 5.41) is 0. The first-order valence-electron chi connectivity index (χ1n) is 6.56. The van der Waals surface area contributed by atoms with Gasteiger partial charge in [-0.15, -0.1) is 11.3 Å². The molecule has 1 aliphatic rings. The van der Waals surface area contributed by atoms with Crippen LogP contribution in [0.3, 0.4) is 0 Å². The number of thiazole rings is 1. The summed E-state index contributed by atoms with van der Waals surface area (Å²) in [5.41, 5.74) is 1.04. The highest BCUT2D eigenvalue weighted by Crippen LogP contribution is 2.39. The molecule has 3 rings (SSSR count). The molecular weight excluding hydrogens is 312 g/mol. The topological polar surface area (TPSA) is 34.6 Å². The molecule has 0 N–H and O–H groups in total. The zero-order valence-corrected chi connectivity index (χ0v) is 13.7. The third-order valence-electron chi connectivity index (χ3n) is 2.84. The van der Waals surface area contributed by atoms with Gasteiger partial charge in [0.05, 0.1) is 30.0 Å². The van der Waals surface area contributed by atoms with E-state index in [1.165, 1.54) is 4.70 Å². The molecule has 20 heavy (non-hydrogen) atoms. The van der Waals surface area contributed by atoms with Crippen LogP contribution in [0.4, 0.5) is 0 Å². The molecule has 0 radical (unpaired) electrons. The quantitative estimate of drug-likeness (QED) is 0.615. The highest BCUT2D eigenvalue weighted by atomic mass is 33.1. The van der Waals surface area contributed by atoms with Crippen LogP contribution in [0.5, 0.6) is 5.75 Å². The van der Waals surface area contributed by atoms with Crippen molar-refractivity contribution in [1.29, 1.82) is 0 Å². The van der Waals surface area contributed by atoms with Crippen molar-refractivity contribution < 1.29 is 9.47 Å². The van der Waals surface area contributed by atoms with Crippen molar-refractivity contribution in [2.24, 2.45) is 0 Å². The first-order valence-corrected chi connectivity index (χ1v) is 9.48. The monoisotopic (exact) mass is 328 g/mol. The first-order chi connectivity index (χ1) is 9.85. The second-order valence-corrected chi connectivity index (χ2v) is 7.70. The van der Waals surface area contributed by atoms with E-state index in [1.807, 2.05) is 19.1 Å². The predicted octanol–water partition coefficient (Wildman–Crippen LogP) is 3.68. The molecule has 7 heteroatoms. The van der Waals surface area contributed by atoms with Crippen LogP contribution in [0.1, 0.15) is 6.92 Å². The summed E-state index contributed by atoms with van der Waals surface area (Å²) in [4.78, 5) is 4.65. The summed E-state index contributed by atoms with van der Waals surface area (Å²) in [7, 11) is 3.49. The van der Waals surface area contributed by atoms with E-state index in [9.17, 15) is 0 Å². The van der Waals surface area contributed by atoms with Crippen molar-refractivity contribution in [1.82, 2.24) is 9.29 Å². The Kier molecular flexibility index (Phi) is 5.06. The normalized spacial score (nSPS) is 16.6. The number of fused-ring (bicyclic) bond motifs is 1. The summed E-state index contributed by atoms with van der Waals surface area (Å²) >= 11 is 1.72. The second kappa shape index (κ2) is 7.00. The van der Waals surface area contributed by atoms with Gasteiger partial charge < -0.3 is 9.47 Å². The van der Waals surface area contributed by atoms with Gasteiger partial charge in [-0.05, 0) is 46.9 Å². The van der Waals surface area contributed by atoms with Crippen LogP contribution in [0.2, 0.25) is 0 Å². The van der Waals surface area contributed by atoms with Gasteiger partial charge >= 0.3 is 0 Å². The summed E-state index contributed by atoms with van der Waals surface area (Å²) in [5.74, 6) is 0.918. The molecule has 0 unspecified atom stereocenters. The maximum absolute atomic E-state index is 5.52. The Bertz CT molecular complexity index is 570. The molecule has 0 saturated carbocycles. The van der Waals surface area contributed by atoms with E-state index < -0.39 is 0 Å². The summed E-state index contributed by atoms with van der Waals surface area (Å²) < 4.78 is 15.5. The van der Waals surface area contributed by atoms with Crippen molar-refractivity contribution in [2.45, 2.75) is 11.3 Å². The largest absolute Gasteiger partial charge is 0.494 e. The van der Waals surface area contributed by atoms with Gasteiger partial charge in [-0.2, -0.15) is 0 Å². The Hall–Kier alpha value is -0.470. The van der Waals surface area contributed by atoms with Crippen LogP contribution >= 0.6 is 33.1 Å². The van der Waals surface area contributed by atoms with Gasteiger partial charge in [-0.1, -0.05) is 0 Å². The van der Waals surface area contributed by atoms with E-state index in [0.717, 1.165) is 41.9 Å². The van der Waals surface area contributed by atoms with Crippen molar-refractivity contribution >= 4 is 43.3 Å². The van der Waals surface area contributed by atoms with Crippen molar-refractivity contribution in [2.75, 3.05) is 32.9 Å². The van der Waals surface area contributed by atoms with Gasteiger partial charge in [-0.25, -0.2) is 9.29 Å². The Balaban J connectivity index is 1.65. The minimum Gasteiger partial charge on any atom is -0.494 e. The minimum atomic E-state index is 0.693. The summed E-state index contributed by atoms with van der Waals surface area (Å²) in [6, 6.07) is 6.08.